The SMILES string of the molecule is CCCN(Cc1cc(OC)ccc1N)CC1CC1. The number of hydrogen-bond acceptors (Lipinski definition) is 3. The van der Waals surface area contributed by atoms with Gasteiger partial charge in [-0.25, -0.2) is 0 Å². The Kier molecular flexibility index (Phi) is 4.48. The van der Waals surface area contributed by atoms with E-state index in [0.29, 0.717) is 0 Å². The molecule has 1 aliphatic rings. The molecule has 1 aliphatic carbocycles. The van der Waals surface area contributed by atoms with Gasteiger partial charge in [-0.15, -0.1) is 0 Å². The lowest BCUT2D eigenvalue weighted by Gasteiger charge is -2.22. The third kappa shape index (κ3) is 3.64. The molecule has 2 N–H and O–H groups in total. The molecule has 1 saturated carbocycles. The smallest absolute Gasteiger partial charge is 0.119 e. The number of nitrogens with two attached hydrogens (primary N) is 1. The summed E-state index contributed by atoms with van der Waals surface area (Å²) in [6.45, 7) is 5.53. The summed E-state index contributed by atoms with van der Waals surface area (Å²) in [5, 5.41) is 0. The molecule has 0 aromatic heterocycles. The van der Waals surface area contributed by atoms with Gasteiger partial charge in [0.2, 0.25) is 0 Å². The van der Waals surface area contributed by atoms with Gasteiger partial charge in [-0.1, -0.05) is 6.92 Å². The molecule has 0 unspecified atom stereocenters. The van der Waals surface area contributed by atoms with Gasteiger partial charge in [0, 0.05) is 18.8 Å². The molecule has 1 aromatic rings. The van der Waals surface area contributed by atoms with E-state index in [0.717, 1.165) is 30.4 Å². The van der Waals surface area contributed by atoms with Crippen molar-refractivity contribution in [2.45, 2.75) is 32.7 Å². The maximum absolute atomic E-state index is 6.05. The Morgan fingerprint density at radius 2 is 2.17 bits per heavy atom. The lowest BCUT2D eigenvalue weighted by Crippen LogP contribution is -2.26. The first-order chi connectivity index (χ1) is 8.72. The Labute approximate surface area is 110 Å². The fraction of sp³-hybridized carbons (Fsp3) is 0.600. The first-order valence-electron chi connectivity index (χ1n) is 6.87. The highest BCUT2D eigenvalue weighted by Crippen LogP contribution is 2.31. The molecule has 0 radical (unpaired) electrons. The zero-order valence-electron chi connectivity index (χ0n) is 11.5. The van der Waals surface area contributed by atoms with Crippen LogP contribution in [0.15, 0.2) is 18.2 Å². The highest BCUT2D eigenvalue weighted by Gasteiger charge is 2.24. The molecule has 2 rings (SSSR count). The fourth-order valence-electron chi connectivity index (χ4n) is 2.30. The highest BCUT2D eigenvalue weighted by molar-refractivity contribution is 5.50. The Balaban J connectivity index is 2.03. The van der Waals surface area contributed by atoms with Crippen LogP contribution in [0.4, 0.5) is 5.69 Å². The molecule has 0 saturated heterocycles. The van der Waals surface area contributed by atoms with Gasteiger partial charge in [0.1, 0.15) is 5.75 Å². The third-order valence-electron chi connectivity index (χ3n) is 3.50. The van der Waals surface area contributed by atoms with Crippen LogP contribution in [0.2, 0.25) is 0 Å². The molecule has 0 heterocycles. The van der Waals surface area contributed by atoms with Crippen molar-refractivity contribution in [1.29, 1.82) is 0 Å². The Morgan fingerprint density at radius 1 is 1.39 bits per heavy atom. The number of nitrogens with zero attached hydrogens (tertiary/aromatic N) is 1. The average Bonchev–Trinajstić information content (AvgIpc) is 3.16. The molecule has 0 amide bonds. The topological polar surface area (TPSA) is 38.5 Å². The summed E-state index contributed by atoms with van der Waals surface area (Å²) in [5.41, 5.74) is 8.10. The van der Waals surface area contributed by atoms with Gasteiger partial charge in [-0.2, -0.15) is 0 Å². The van der Waals surface area contributed by atoms with Crippen LogP contribution in [-0.4, -0.2) is 25.1 Å². The molecule has 0 spiro atoms. The van der Waals surface area contributed by atoms with Gasteiger partial charge in [0.15, 0.2) is 0 Å². The molecular formula is C15H24N2O. The van der Waals surface area contributed by atoms with Crippen molar-refractivity contribution in [2.24, 2.45) is 5.92 Å². The van der Waals surface area contributed by atoms with Crippen molar-refractivity contribution < 1.29 is 4.74 Å². The lowest BCUT2D eigenvalue weighted by molar-refractivity contribution is 0.255. The molecule has 3 nitrogen and oxygen atoms in total. The van der Waals surface area contributed by atoms with Crippen LogP contribution in [0, 0.1) is 5.92 Å². The summed E-state index contributed by atoms with van der Waals surface area (Å²) in [4.78, 5) is 2.52. The monoisotopic (exact) mass is 248 g/mol. The molecular weight excluding hydrogens is 224 g/mol. The molecule has 3 heteroatoms. The maximum atomic E-state index is 6.05. The second-order valence-electron chi connectivity index (χ2n) is 5.24. The van der Waals surface area contributed by atoms with Crippen LogP contribution in [-0.2, 0) is 6.54 Å². The van der Waals surface area contributed by atoms with Crippen molar-refractivity contribution in [2.75, 3.05) is 25.9 Å². The van der Waals surface area contributed by atoms with Gasteiger partial charge in [0.05, 0.1) is 7.11 Å². The quantitative estimate of drug-likeness (QED) is 0.754. The minimum absolute atomic E-state index is 0.868. The maximum Gasteiger partial charge on any atom is 0.119 e. The second-order valence-corrected chi connectivity index (χ2v) is 5.24. The molecule has 0 bridgehead atoms. The number of anilines is 1. The zero-order chi connectivity index (χ0) is 13.0. The standard InChI is InChI=1S/C15H24N2O/c1-3-8-17(10-12-4-5-12)11-13-9-14(18-2)6-7-15(13)16/h6-7,9,12H,3-5,8,10-11,16H2,1-2H3. The summed E-state index contributed by atoms with van der Waals surface area (Å²) in [7, 11) is 1.70. The Hall–Kier alpha value is -1.22. The van der Waals surface area contributed by atoms with E-state index in [1.165, 1.54) is 31.4 Å². The van der Waals surface area contributed by atoms with Crippen molar-refractivity contribution in [3.05, 3.63) is 23.8 Å². The van der Waals surface area contributed by atoms with E-state index < -0.39 is 0 Å². The summed E-state index contributed by atoms with van der Waals surface area (Å²) >= 11 is 0. The van der Waals surface area contributed by atoms with Gasteiger partial charge < -0.3 is 10.5 Å². The van der Waals surface area contributed by atoms with E-state index >= 15 is 0 Å². The Morgan fingerprint density at radius 3 is 2.78 bits per heavy atom. The average molecular weight is 248 g/mol. The Bertz CT molecular complexity index is 388. The minimum atomic E-state index is 0.868. The summed E-state index contributed by atoms with van der Waals surface area (Å²) in [5.74, 6) is 1.81. The predicted molar refractivity (Wildman–Crippen MR) is 75.7 cm³/mol. The summed E-state index contributed by atoms with van der Waals surface area (Å²) < 4.78 is 5.27. The molecule has 0 atom stereocenters. The first kappa shape index (κ1) is 13.2. The summed E-state index contributed by atoms with van der Waals surface area (Å²) in [6, 6.07) is 5.92. The van der Waals surface area contributed by atoms with E-state index in [1.807, 2.05) is 12.1 Å². The second kappa shape index (κ2) is 6.10. The zero-order valence-corrected chi connectivity index (χ0v) is 11.5. The fourth-order valence-corrected chi connectivity index (χ4v) is 2.30. The van der Waals surface area contributed by atoms with Crippen molar-refractivity contribution in [1.82, 2.24) is 4.90 Å². The van der Waals surface area contributed by atoms with E-state index in [2.05, 4.69) is 17.9 Å². The highest BCUT2D eigenvalue weighted by atomic mass is 16.5. The van der Waals surface area contributed by atoms with Gasteiger partial charge >= 0.3 is 0 Å². The summed E-state index contributed by atoms with van der Waals surface area (Å²) in [6.07, 6.45) is 3.98. The van der Waals surface area contributed by atoms with Crippen molar-refractivity contribution in [3.63, 3.8) is 0 Å². The number of ether oxygens (including phenoxy) is 1. The van der Waals surface area contributed by atoms with Crippen LogP contribution in [0.3, 0.4) is 0 Å². The number of nitrogen functional groups attached to an aromatic ring is 1. The first-order valence-corrected chi connectivity index (χ1v) is 6.87. The number of benzene rings is 1. The van der Waals surface area contributed by atoms with Gasteiger partial charge in [-0.3, -0.25) is 4.90 Å². The molecule has 1 aromatic carbocycles. The van der Waals surface area contributed by atoms with Crippen LogP contribution >= 0.6 is 0 Å². The minimum Gasteiger partial charge on any atom is -0.497 e. The van der Waals surface area contributed by atoms with Gasteiger partial charge in [-0.05, 0) is 55.5 Å². The van der Waals surface area contributed by atoms with E-state index in [1.54, 1.807) is 7.11 Å². The molecule has 18 heavy (non-hydrogen) atoms. The molecule has 1 fully saturated rings. The van der Waals surface area contributed by atoms with Crippen LogP contribution < -0.4 is 10.5 Å². The van der Waals surface area contributed by atoms with Crippen molar-refractivity contribution in [3.8, 4) is 5.75 Å². The third-order valence-corrected chi connectivity index (χ3v) is 3.50. The normalized spacial score (nSPS) is 15.1. The predicted octanol–water partition coefficient (Wildman–Crippen LogP) is 2.90. The van der Waals surface area contributed by atoms with E-state index in [-0.39, 0.29) is 0 Å². The van der Waals surface area contributed by atoms with Crippen LogP contribution in [0.1, 0.15) is 31.7 Å². The number of methoxy groups -OCH3 is 1. The van der Waals surface area contributed by atoms with Gasteiger partial charge in [0.25, 0.3) is 0 Å². The molecule has 0 aliphatic heterocycles. The molecule has 100 valence electrons. The number of rotatable bonds is 7. The van der Waals surface area contributed by atoms with Crippen molar-refractivity contribution >= 4 is 5.69 Å². The largest absolute Gasteiger partial charge is 0.497 e. The number of hydrogen-bond donors (Lipinski definition) is 1. The lowest BCUT2D eigenvalue weighted by atomic mass is 10.1. The van der Waals surface area contributed by atoms with E-state index in [4.69, 9.17) is 10.5 Å². The van der Waals surface area contributed by atoms with E-state index in [9.17, 15) is 0 Å². The van der Waals surface area contributed by atoms with Crippen LogP contribution in [0.5, 0.6) is 5.75 Å². The van der Waals surface area contributed by atoms with Crippen LogP contribution in [0.25, 0.3) is 0 Å².